The van der Waals surface area contributed by atoms with Crippen LogP contribution in [-0.4, -0.2) is 32.7 Å². The molecule has 0 aliphatic heterocycles. The fourth-order valence-corrected chi connectivity index (χ4v) is 5.38. The van der Waals surface area contributed by atoms with Gasteiger partial charge in [0.15, 0.2) is 0 Å². The summed E-state index contributed by atoms with van der Waals surface area (Å²) in [6, 6.07) is 10.3. The Kier molecular flexibility index (Phi) is 11.9. The molecule has 0 unspecified atom stereocenters. The zero-order chi connectivity index (χ0) is 29.1. The smallest absolute Gasteiger partial charge is 0.271 e. The summed E-state index contributed by atoms with van der Waals surface area (Å²) in [7, 11) is 1.63. The highest BCUT2D eigenvalue weighted by Crippen LogP contribution is 2.31. The number of non-ortho nitro benzene ring substituents is 2. The van der Waals surface area contributed by atoms with Gasteiger partial charge in [0, 0.05) is 77.7 Å². The number of hydrogen-bond acceptors (Lipinski definition) is 5. The monoisotopic (exact) mass is 612 g/mol. The number of nitro benzene ring substituents is 2. The Bertz CT molecular complexity index is 1470. The van der Waals surface area contributed by atoms with E-state index in [2.05, 4.69) is 38.9 Å². The molecule has 0 N–H and O–H groups in total. The predicted octanol–water partition coefficient (Wildman–Crippen LogP) is 8.90. The zero-order valence-corrected chi connectivity index (χ0v) is 24.9. The van der Waals surface area contributed by atoms with Crippen LogP contribution in [0.1, 0.15) is 57.9 Å². The molecule has 0 saturated carbocycles. The minimum absolute atomic E-state index is 0.121. The molecular weight excluding hydrogens is 576 g/mol. The third kappa shape index (κ3) is 8.02. The van der Waals surface area contributed by atoms with Gasteiger partial charge in [-0.3, -0.25) is 20.2 Å². The number of ether oxygens (including phenoxy) is 1. The Morgan fingerprint density at radius 1 is 0.825 bits per heavy atom. The van der Waals surface area contributed by atoms with Gasteiger partial charge in [0.25, 0.3) is 11.4 Å². The molecule has 0 spiro atoms. The van der Waals surface area contributed by atoms with Crippen molar-refractivity contribution in [1.29, 1.82) is 0 Å². The summed E-state index contributed by atoms with van der Waals surface area (Å²) in [5.74, 6) is 0. The van der Waals surface area contributed by atoms with E-state index in [0.29, 0.717) is 6.61 Å². The summed E-state index contributed by atoms with van der Waals surface area (Å²) < 4.78 is 10.1. The van der Waals surface area contributed by atoms with Crippen LogP contribution in [0.3, 0.4) is 0 Å². The number of benzene rings is 2. The van der Waals surface area contributed by atoms with Gasteiger partial charge in [0.1, 0.15) is 0 Å². The van der Waals surface area contributed by atoms with Crippen molar-refractivity contribution >= 4 is 55.2 Å². The van der Waals surface area contributed by atoms with Gasteiger partial charge in [-0.15, -0.1) is 0 Å². The Labute approximate surface area is 242 Å². The summed E-state index contributed by atoms with van der Waals surface area (Å²) in [4.78, 5) is 21.2. The number of nitrogens with zero attached hydrogens (tertiary/aromatic N) is 4. The molecule has 0 amide bonds. The van der Waals surface area contributed by atoms with Gasteiger partial charge in [0.05, 0.1) is 27.5 Å². The Hall–Kier alpha value is -3.50. The molecule has 2 aromatic carbocycles. The largest absolute Gasteiger partial charge is 0.381 e. The summed E-state index contributed by atoms with van der Waals surface area (Å²) in [6.07, 6.45) is 14.8. The molecule has 0 atom stereocenters. The minimum atomic E-state index is -0.362. The molecule has 0 fully saturated rings. The molecule has 214 valence electrons. The first-order valence-electron chi connectivity index (χ1n) is 13.7. The number of halogens is 1. The lowest BCUT2D eigenvalue weighted by molar-refractivity contribution is -0.384. The molecule has 9 nitrogen and oxygen atoms in total. The Morgan fingerprint density at radius 2 is 1.35 bits per heavy atom. The van der Waals surface area contributed by atoms with Crippen molar-refractivity contribution in [1.82, 2.24) is 9.13 Å². The summed E-state index contributed by atoms with van der Waals surface area (Å²) in [5.41, 5.74) is 3.20. The number of aromatic nitrogens is 2. The van der Waals surface area contributed by atoms with E-state index in [1.165, 1.54) is 25.7 Å². The third-order valence-corrected chi connectivity index (χ3v) is 7.27. The fraction of sp³-hybridized carbons (Fsp3) is 0.400. The van der Waals surface area contributed by atoms with Crippen molar-refractivity contribution in [2.75, 3.05) is 13.7 Å². The molecule has 10 heteroatoms. The van der Waals surface area contributed by atoms with E-state index in [1.54, 1.807) is 31.4 Å². The number of aryl methyl sites for hydroxylation is 2. The van der Waals surface area contributed by atoms with Gasteiger partial charge < -0.3 is 13.9 Å². The highest BCUT2D eigenvalue weighted by molar-refractivity contribution is 9.10. The van der Waals surface area contributed by atoms with E-state index < -0.39 is 0 Å². The average Bonchev–Trinajstić information content (AvgIpc) is 3.54. The molecule has 0 radical (unpaired) electrons. The minimum Gasteiger partial charge on any atom is -0.381 e. The van der Waals surface area contributed by atoms with Crippen molar-refractivity contribution in [2.45, 2.75) is 65.5 Å². The maximum atomic E-state index is 11.1. The van der Waals surface area contributed by atoms with Gasteiger partial charge in [-0.1, -0.05) is 51.7 Å². The molecule has 0 aliphatic rings. The molecule has 2 heterocycles. The fourth-order valence-electron chi connectivity index (χ4n) is 4.69. The summed E-state index contributed by atoms with van der Waals surface area (Å²) >= 11 is 3.43. The summed E-state index contributed by atoms with van der Waals surface area (Å²) in [6.45, 7) is 6.72. The van der Waals surface area contributed by atoms with Crippen LogP contribution in [0, 0.1) is 20.2 Å². The lowest BCUT2D eigenvalue weighted by Gasteiger charge is -2.08. The first kappa shape index (κ1) is 31.0. The van der Waals surface area contributed by atoms with Crippen LogP contribution < -0.4 is 0 Å². The van der Waals surface area contributed by atoms with Crippen LogP contribution in [0.25, 0.3) is 27.9 Å². The summed E-state index contributed by atoms with van der Waals surface area (Å²) in [5, 5.41) is 23.7. The van der Waals surface area contributed by atoms with E-state index in [0.717, 1.165) is 57.8 Å². The van der Waals surface area contributed by atoms with E-state index in [-0.39, 0.29) is 21.2 Å². The number of nitro groups is 2. The standard InChI is InChI=1S/C17H22N2O3.C13H15BrN2O2/c1-3-4-5-9-18-10-8-15-13-16(19(20)21)12-14(17(15)18)7-6-11-22-2;1-2-3-4-6-15-7-5-10-8-11(16(17)18)9-12(14)13(10)15/h6-8,10,12-13H,3-5,9,11H2,1-2H3;5,7-9H,2-4,6H2,1H3/b7-6+;. The van der Waals surface area contributed by atoms with Crippen LogP contribution in [0.15, 0.2) is 59.3 Å². The van der Waals surface area contributed by atoms with E-state index in [1.807, 2.05) is 36.7 Å². The number of methoxy groups -OCH3 is 1. The number of hydrogen-bond donors (Lipinski definition) is 0. The second-order valence-electron chi connectivity index (χ2n) is 9.64. The molecule has 40 heavy (non-hydrogen) atoms. The predicted molar refractivity (Wildman–Crippen MR) is 165 cm³/mol. The molecular formula is C30H37BrN4O5. The van der Waals surface area contributed by atoms with Crippen molar-refractivity contribution in [2.24, 2.45) is 0 Å². The van der Waals surface area contributed by atoms with Crippen molar-refractivity contribution in [3.8, 4) is 0 Å². The Balaban J connectivity index is 0.000000225. The van der Waals surface area contributed by atoms with Gasteiger partial charge >= 0.3 is 0 Å². The van der Waals surface area contributed by atoms with Gasteiger partial charge in [-0.25, -0.2) is 0 Å². The normalized spacial score (nSPS) is 11.3. The highest BCUT2D eigenvalue weighted by Gasteiger charge is 2.14. The van der Waals surface area contributed by atoms with Crippen molar-refractivity contribution in [3.63, 3.8) is 0 Å². The first-order chi connectivity index (χ1) is 19.3. The maximum absolute atomic E-state index is 11.1. The highest BCUT2D eigenvalue weighted by atomic mass is 79.9. The van der Waals surface area contributed by atoms with Crippen molar-refractivity contribution in [3.05, 3.63) is 85.1 Å². The topological polar surface area (TPSA) is 105 Å². The van der Waals surface area contributed by atoms with E-state index >= 15 is 0 Å². The number of rotatable bonds is 13. The molecule has 0 saturated heterocycles. The average molecular weight is 614 g/mol. The van der Waals surface area contributed by atoms with Crippen LogP contribution in [-0.2, 0) is 17.8 Å². The molecule has 0 aliphatic carbocycles. The first-order valence-corrected chi connectivity index (χ1v) is 14.5. The second kappa shape index (κ2) is 15.3. The molecule has 4 rings (SSSR count). The van der Waals surface area contributed by atoms with Gasteiger partial charge in [0.2, 0.25) is 0 Å². The second-order valence-corrected chi connectivity index (χ2v) is 10.5. The lowest BCUT2D eigenvalue weighted by Crippen LogP contribution is -1.98. The number of unbranched alkanes of at least 4 members (excludes halogenated alkanes) is 4. The van der Waals surface area contributed by atoms with Crippen LogP contribution in [0.4, 0.5) is 11.4 Å². The van der Waals surface area contributed by atoms with Crippen LogP contribution in [0.2, 0.25) is 0 Å². The number of fused-ring (bicyclic) bond motifs is 2. The zero-order valence-electron chi connectivity index (χ0n) is 23.3. The van der Waals surface area contributed by atoms with Gasteiger partial charge in [-0.05, 0) is 40.9 Å². The molecule has 0 bridgehead atoms. The lowest BCUT2D eigenvalue weighted by atomic mass is 10.1. The molecule has 4 aromatic rings. The van der Waals surface area contributed by atoms with E-state index in [9.17, 15) is 20.2 Å². The van der Waals surface area contributed by atoms with Crippen LogP contribution >= 0.6 is 15.9 Å². The molecule has 2 aromatic heterocycles. The Morgan fingerprint density at radius 3 is 1.88 bits per heavy atom. The SMILES string of the molecule is CCCCCn1ccc2cc([N+](=O)[O-])cc(/C=C/COC)c21.CCCCCn1ccc2cc([N+](=O)[O-])cc(Br)c21. The van der Waals surface area contributed by atoms with Crippen molar-refractivity contribution < 1.29 is 14.6 Å². The third-order valence-electron chi connectivity index (χ3n) is 6.66. The quantitative estimate of drug-likeness (QED) is 0.0851. The maximum Gasteiger partial charge on any atom is 0.271 e. The van der Waals surface area contributed by atoms with Gasteiger partial charge in [-0.2, -0.15) is 0 Å². The van der Waals surface area contributed by atoms with E-state index in [4.69, 9.17) is 4.74 Å². The van der Waals surface area contributed by atoms with Crippen LogP contribution in [0.5, 0.6) is 0 Å².